The number of nitrogen functional groups attached to an aromatic ring is 1. The van der Waals surface area contributed by atoms with Gasteiger partial charge in [0.05, 0.1) is 6.10 Å². The lowest BCUT2D eigenvalue weighted by atomic mass is 9.89. The second-order valence-electron chi connectivity index (χ2n) is 5.75. The van der Waals surface area contributed by atoms with Crippen LogP contribution in [0.3, 0.4) is 0 Å². The molecule has 0 heterocycles. The van der Waals surface area contributed by atoms with Gasteiger partial charge in [0.25, 0.3) is 5.91 Å². The standard InChI is InChI=1S/C14H22N2O2/c1-14(2,3)8-12(17)9-16-13(18)10-4-6-11(15)7-5-10/h4-7,12,17H,8-9,15H2,1-3H3,(H,16,18). The number of aliphatic hydroxyl groups is 1. The van der Waals surface area contributed by atoms with E-state index in [-0.39, 0.29) is 17.9 Å². The molecular weight excluding hydrogens is 228 g/mol. The van der Waals surface area contributed by atoms with Gasteiger partial charge in [-0.2, -0.15) is 0 Å². The zero-order chi connectivity index (χ0) is 13.8. The summed E-state index contributed by atoms with van der Waals surface area (Å²) in [6, 6.07) is 6.70. The van der Waals surface area contributed by atoms with Gasteiger partial charge in [-0.05, 0) is 36.1 Å². The second kappa shape index (κ2) is 5.87. The Balaban J connectivity index is 2.44. The number of nitrogens with one attached hydrogen (secondary N) is 1. The molecule has 1 unspecified atom stereocenters. The number of hydrogen-bond acceptors (Lipinski definition) is 3. The van der Waals surface area contributed by atoms with Gasteiger partial charge in [0, 0.05) is 17.8 Å². The number of benzene rings is 1. The number of amides is 1. The van der Waals surface area contributed by atoms with E-state index in [2.05, 4.69) is 26.1 Å². The first-order chi connectivity index (χ1) is 8.28. The third kappa shape index (κ3) is 5.19. The number of rotatable bonds is 4. The van der Waals surface area contributed by atoms with Crippen molar-refractivity contribution in [2.24, 2.45) is 5.41 Å². The fraction of sp³-hybridized carbons (Fsp3) is 0.500. The molecule has 0 bridgehead atoms. The highest BCUT2D eigenvalue weighted by atomic mass is 16.3. The van der Waals surface area contributed by atoms with Crippen molar-refractivity contribution in [1.29, 1.82) is 0 Å². The highest BCUT2D eigenvalue weighted by Gasteiger charge is 2.17. The third-order valence-electron chi connectivity index (χ3n) is 2.52. The van der Waals surface area contributed by atoms with Crippen LogP contribution in [0.1, 0.15) is 37.6 Å². The molecule has 1 atom stereocenters. The monoisotopic (exact) mass is 250 g/mol. The summed E-state index contributed by atoms with van der Waals surface area (Å²) in [6.45, 7) is 6.43. The first-order valence-electron chi connectivity index (χ1n) is 6.10. The number of aliphatic hydroxyl groups excluding tert-OH is 1. The molecule has 1 aromatic carbocycles. The first kappa shape index (κ1) is 14.5. The molecule has 0 fully saturated rings. The smallest absolute Gasteiger partial charge is 0.251 e. The van der Waals surface area contributed by atoms with Crippen LogP contribution in [0.2, 0.25) is 0 Å². The Morgan fingerprint density at radius 3 is 2.39 bits per heavy atom. The summed E-state index contributed by atoms with van der Waals surface area (Å²) in [5.74, 6) is -0.192. The lowest BCUT2D eigenvalue weighted by molar-refractivity contribution is 0.0868. The number of carbonyl (C=O) groups excluding carboxylic acids is 1. The average Bonchev–Trinajstić information content (AvgIpc) is 2.24. The van der Waals surface area contributed by atoms with Crippen LogP contribution in [0.25, 0.3) is 0 Å². The van der Waals surface area contributed by atoms with Crippen LogP contribution in [-0.2, 0) is 0 Å². The van der Waals surface area contributed by atoms with Crippen LogP contribution < -0.4 is 11.1 Å². The van der Waals surface area contributed by atoms with E-state index in [0.29, 0.717) is 17.7 Å². The molecule has 1 amide bonds. The molecule has 0 aromatic heterocycles. The minimum absolute atomic E-state index is 0.0470. The average molecular weight is 250 g/mol. The van der Waals surface area contributed by atoms with Crippen LogP contribution >= 0.6 is 0 Å². The highest BCUT2D eigenvalue weighted by Crippen LogP contribution is 2.20. The molecule has 4 heteroatoms. The summed E-state index contributed by atoms with van der Waals surface area (Å²) in [4.78, 5) is 11.8. The lowest BCUT2D eigenvalue weighted by Gasteiger charge is -2.22. The maximum absolute atomic E-state index is 11.8. The van der Waals surface area contributed by atoms with Crippen LogP contribution in [0.5, 0.6) is 0 Å². The van der Waals surface area contributed by atoms with Crippen molar-refractivity contribution in [3.8, 4) is 0 Å². The predicted molar refractivity (Wildman–Crippen MR) is 73.3 cm³/mol. The van der Waals surface area contributed by atoms with Gasteiger partial charge in [-0.3, -0.25) is 4.79 Å². The summed E-state index contributed by atoms with van der Waals surface area (Å²) < 4.78 is 0. The zero-order valence-electron chi connectivity index (χ0n) is 11.2. The van der Waals surface area contributed by atoms with E-state index in [1.165, 1.54) is 0 Å². The van der Waals surface area contributed by atoms with Crippen molar-refractivity contribution >= 4 is 11.6 Å². The van der Waals surface area contributed by atoms with E-state index in [1.54, 1.807) is 24.3 Å². The molecule has 4 N–H and O–H groups in total. The molecular formula is C14H22N2O2. The van der Waals surface area contributed by atoms with E-state index in [1.807, 2.05) is 0 Å². The fourth-order valence-electron chi connectivity index (χ4n) is 1.73. The summed E-state index contributed by atoms with van der Waals surface area (Å²) in [5.41, 5.74) is 6.77. The van der Waals surface area contributed by atoms with Crippen molar-refractivity contribution in [3.63, 3.8) is 0 Å². The van der Waals surface area contributed by atoms with Gasteiger partial charge >= 0.3 is 0 Å². The minimum Gasteiger partial charge on any atom is -0.399 e. The van der Waals surface area contributed by atoms with Gasteiger partial charge in [0.15, 0.2) is 0 Å². The first-order valence-corrected chi connectivity index (χ1v) is 6.10. The summed E-state index contributed by atoms with van der Waals surface area (Å²) >= 11 is 0. The largest absolute Gasteiger partial charge is 0.399 e. The normalized spacial score (nSPS) is 13.1. The molecule has 0 saturated carbocycles. The molecule has 0 radical (unpaired) electrons. The lowest BCUT2D eigenvalue weighted by Crippen LogP contribution is -2.34. The van der Waals surface area contributed by atoms with Crippen molar-refractivity contribution in [3.05, 3.63) is 29.8 Å². The number of anilines is 1. The van der Waals surface area contributed by atoms with E-state index >= 15 is 0 Å². The molecule has 0 aliphatic carbocycles. The SMILES string of the molecule is CC(C)(C)CC(O)CNC(=O)c1ccc(N)cc1. The van der Waals surface area contributed by atoms with Crippen molar-refractivity contribution < 1.29 is 9.90 Å². The van der Waals surface area contributed by atoms with Crippen LogP contribution in [-0.4, -0.2) is 23.7 Å². The Morgan fingerprint density at radius 2 is 1.89 bits per heavy atom. The van der Waals surface area contributed by atoms with E-state index in [0.717, 1.165) is 0 Å². The van der Waals surface area contributed by atoms with Crippen molar-refractivity contribution in [1.82, 2.24) is 5.32 Å². The quantitative estimate of drug-likeness (QED) is 0.713. The topological polar surface area (TPSA) is 75.3 Å². The third-order valence-corrected chi connectivity index (χ3v) is 2.52. The predicted octanol–water partition coefficient (Wildman–Crippen LogP) is 1.80. The zero-order valence-corrected chi connectivity index (χ0v) is 11.2. The van der Waals surface area contributed by atoms with Crippen molar-refractivity contribution in [2.45, 2.75) is 33.3 Å². The highest BCUT2D eigenvalue weighted by molar-refractivity contribution is 5.94. The van der Waals surface area contributed by atoms with Gasteiger partial charge in [-0.15, -0.1) is 0 Å². The maximum atomic E-state index is 11.8. The molecule has 0 spiro atoms. The summed E-state index contributed by atoms with van der Waals surface area (Å²) in [5, 5.41) is 12.5. The Kier molecular flexibility index (Phi) is 4.73. The molecule has 0 aliphatic heterocycles. The number of hydrogen-bond donors (Lipinski definition) is 3. The Labute approximate surface area is 108 Å². The van der Waals surface area contributed by atoms with Gasteiger partial charge in [0.1, 0.15) is 0 Å². The molecule has 100 valence electrons. The van der Waals surface area contributed by atoms with Crippen LogP contribution in [0.4, 0.5) is 5.69 Å². The van der Waals surface area contributed by atoms with Gasteiger partial charge in [-0.25, -0.2) is 0 Å². The number of carbonyl (C=O) groups is 1. The number of nitrogens with two attached hydrogens (primary N) is 1. The molecule has 0 aliphatic rings. The minimum atomic E-state index is -0.525. The summed E-state index contributed by atoms with van der Waals surface area (Å²) in [6.07, 6.45) is 0.123. The van der Waals surface area contributed by atoms with Gasteiger partial charge in [0.2, 0.25) is 0 Å². The van der Waals surface area contributed by atoms with E-state index in [9.17, 15) is 9.90 Å². The molecule has 1 aromatic rings. The van der Waals surface area contributed by atoms with Gasteiger partial charge in [-0.1, -0.05) is 20.8 Å². The Bertz CT molecular complexity index is 393. The van der Waals surface area contributed by atoms with E-state index < -0.39 is 6.10 Å². The van der Waals surface area contributed by atoms with Crippen LogP contribution in [0, 0.1) is 5.41 Å². The van der Waals surface area contributed by atoms with Crippen molar-refractivity contribution in [2.75, 3.05) is 12.3 Å². The van der Waals surface area contributed by atoms with Crippen LogP contribution in [0.15, 0.2) is 24.3 Å². The molecule has 4 nitrogen and oxygen atoms in total. The summed E-state index contributed by atoms with van der Waals surface area (Å²) in [7, 11) is 0. The van der Waals surface area contributed by atoms with E-state index in [4.69, 9.17) is 5.73 Å². The Morgan fingerprint density at radius 1 is 1.33 bits per heavy atom. The van der Waals surface area contributed by atoms with Gasteiger partial charge < -0.3 is 16.2 Å². The Hall–Kier alpha value is -1.55. The molecule has 0 saturated heterocycles. The maximum Gasteiger partial charge on any atom is 0.251 e. The fourth-order valence-corrected chi connectivity index (χ4v) is 1.73. The molecule has 18 heavy (non-hydrogen) atoms. The molecule has 1 rings (SSSR count). The second-order valence-corrected chi connectivity index (χ2v) is 5.75.